The van der Waals surface area contributed by atoms with E-state index in [4.69, 9.17) is 9.84 Å². The molecule has 1 saturated heterocycles. The summed E-state index contributed by atoms with van der Waals surface area (Å²) < 4.78 is 5.58. The van der Waals surface area contributed by atoms with Gasteiger partial charge in [0.1, 0.15) is 0 Å². The van der Waals surface area contributed by atoms with Crippen LogP contribution in [0.15, 0.2) is 23.6 Å². The van der Waals surface area contributed by atoms with Crippen LogP contribution in [0.1, 0.15) is 50.9 Å². The number of ether oxygens (including phenoxy) is 1. The van der Waals surface area contributed by atoms with E-state index in [2.05, 4.69) is 28.1 Å². The molecule has 4 rings (SSSR count). The van der Waals surface area contributed by atoms with Crippen LogP contribution < -0.4 is 0 Å². The molecule has 0 aliphatic carbocycles. The molecule has 0 radical (unpaired) electrons. The summed E-state index contributed by atoms with van der Waals surface area (Å²) >= 11 is 1.47. The molecule has 6 heteroatoms. The Labute approximate surface area is 144 Å². The largest absolute Gasteiger partial charge is 0.476 e. The molecule has 1 aromatic heterocycles. The minimum Gasteiger partial charge on any atom is -0.476 e. The SMILES string of the molecule is O=C(O)c1csc(C2CCCN(Cc3cccc4c3COC4)C2)n1. The molecule has 0 bridgehead atoms. The van der Waals surface area contributed by atoms with Crippen LogP contribution in [0.3, 0.4) is 0 Å². The highest BCUT2D eigenvalue weighted by molar-refractivity contribution is 7.09. The van der Waals surface area contributed by atoms with Crippen molar-refractivity contribution in [1.82, 2.24) is 9.88 Å². The molecule has 5 nitrogen and oxygen atoms in total. The summed E-state index contributed by atoms with van der Waals surface area (Å²) in [5, 5.41) is 11.7. The van der Waals surface area contributed by atoms with E-state index < -0.39 is 5.97 Å². The van der Waals surface area contributed by atoms with E-state index in [1.54, 1.807) is 5.38 Å². The van der Waals surface area contributed by atoms with E-state index in [-0.39, 0.29) is 5.69 Å². The number of piperidine rings is 1. The van der Waals surface area contributed by atoms with E-state index in [1.807, 2.05) is 0 Å². The van der Waals surface area contributed by atoms with Crippen molar-refractivity contribution in [3.8, 4) is 0 Å². The zero-order valence-corrected chi connectivity index (χ0v) is 14.2. The van der Waals surface area contributed by atoms with E-state index in [0.717, 1.165) is 50.7 Å². The summed E-state index contributed by atoms with van der Waals surface area (Å²) in [6.07, 6.45) is 2.21. The first-order chi connectivity index (χ1) is 11.7. The van der Waals surface area contributed by atoms with Crippen molar-refractivity contribution in [2.75, 3.05) is 13.1 Å². The predicted octanol–water partition coefficient (Wildman–Crippen LogP) is 3.25. The summed E-state index contributed by atoms with van der Waals surface area (Å²) in [4.78, 5) is 17.8. The number of carboxylic acids is 1. The molecule has 0 spiro atoms. The number of carboxylic acid groups (broad SMARTS) is 1. The Morgan fingerprint density at radius 2 is 2.33 bits per heavy atom. The van der Waals surface area contributed by atoms with Gasteiger partial charge < -0.3 is 9.84 Å². The lowest BCUT2D eigenvalue weighted by atomic mass is 9.97. The van der Waals surface area contributed by atoms with Gasteiger partial charge in [0.15, 0.2) is 5.69 Å². The first-order valence-electron chi connectivity index (χ1n) is 8.29. The van der Waals surface area contributed by atoms with Gasteiger partial charge in [0.2, 0.25) is 0 Å². The number of benzene rings is 1. The normalized spacial score (nSPS) is 20.9. The molecule has 2 aliphatic rings. The van der Waals surface area contributed by atoms with Gasteiger partial charge in [-0.05, 0) is 36.1 Å². The standard InChI is InChI=1S/C18H20N2O3S/c21-18(22)16-11-24-17(19-16)13-5-2-6-20(8-13)7-12-3-1-4-14-9-23-10-15(12)14/h1,3-4,11,13H,2,5-10H2,(H,21,22). The minimum atomic E-state index is -0.940. The molecule has 0 saturated carbocycles. The van der Waals surface area contributed by atoms with Crippen LogP contribution in [0, 0.1) is 0 Å². The summed E-state index contributed by atoms with van der Waals surface area (Å²) in [6.45, 7) is 4.40. The quantitative estimate of drug-likeness (QED) is 0.922. The van der Waals surface area contributed by atoms with Crippen molar-refractivity contribution >= 4 is 17.3 Å². The number of fused-ring (bicyclic) bond motifs is 1. The zero-order chi connectivity index (χ0) is 16.5. The highest BCUT2D eigenvalue weighted by Crippen LogP contribution is 2.31. The van der Waals surface area contributed by atoms with Gasteiger partial charge in [-0.3, -0.25) is 4.90 Å². The third-order valence-corrected chi connectivity index (χ3v) is 5.87. The van der Waals surface area contributed by atoms with Gasteiger partial charge in [-0.2, -0.15) is 0 Å². The number of rotatable bonds is 4. The lowest BCUT2D eigenvalue weighted by Gasteiger charge is -2.32. The maximum Gasteiger partial charge on any atom is 0.355 e. The van der Waals surface area contributed by atoms with Gasteiger partial charge in [0, 0.05) is 24.4 Å². The monoisotopic (exact) mass is 344 g/mol. The smallest absolute Gasteiger partial charge is 0.355 e. The van der Waals surface area contributed by atoms with Gasteiger partial charge in [-0.15, -0.1) is 11.3 Å². The molecule has 0 amide bonds. The van der Waals surface area contributed by atoms with Crippen molar-refractivity contribution in [1.29, 1.82) is 0 Å². The lowest BCUT2D eigenvalue weighted by molar-refractivity contribution is 0.0691. The summed E-state index contributed by atoms with van der Waals surface area (Å²) in [6, 6.07) is 6.46. The van der Waals surface area contributed by atoms with Crippen LogP contribution in [0.4, 0.5) is 0 Å². The number of aromatic nitrogens is 1. The predicted molar refractivity (Wildman–Crippen MR) is 91.3 cm³/mol. The molecule has 1 aromatic carbocycles. The topological polar surface area (TPSA) is 62.7 Å². The molecular weight excluding hydrogens is 324 g/mol. The maximum absolute atomic E-state index is 11.0. The second kappa shape index (κ2) is 6.63. The van der Waals surface area contributed by atoms with Crippen molar-refractivity contribution in [3.63, 3.8) is 0 Å². The van der Waals surface area contributed by atoms with Gasteiger partial charge in [0.05, 0.1) is 18.2 Å². The van der Waals surface area contributed by atoms with Crippen molar-refractivity contribution in [2.45, 2.75) is 38.5 Å². The molecule has 1 N–H and O–H groups in total. The molecule has 1 unspecified atom stereocenters. The first kappa shape index (κ1) is 15.7. The molecule has 24 heavy (non-hydrogen) atoms. The van der Waals surface area contributed by atoms with Crippen molar-refractivity contribution in [3.05, 3.63) is 51.0 Å². The third-order valence-electron chi connectivity index (χ3n) is 4.86. The molecule has 2 aromatic rings. The van der Waals surface area contributed by atoms with Crippen molar-refractivity contribution < 1.29 is 14.6 Å². The first-order valence-corrected chi connectivity index (χ1v) is 9.17. The van der Waals surface area contributed by atoms with Gasteiger partial charge in [-0.1, -0.05) is 18.2 Å². The Bertz CT molecular complexity index is 758. The Balaban J connectivity index is 1.47. The van der Waals surface area contributed by atoms with Crippen LogP contribution in [0.25, 0.3) is 0 Å². The van der Waals surface area contributed by atoms with Crippen molar-refractivity contribution in [2.24, 2.45) is 0 Å². The Morgan fingerprint density at radius 1 is 1.42 bits per heavy atom. The fourth-order valence-electron chi connectivity index (χ4n) is 3.63. The zero-order valence-electron chi connectivity index (χ0n) is 13.4. The van der Waals surface area contributed by atoms with Gasteiger partial charge in [0.25, 0.3) is 0 Å². The maximum atomic E-state index is 11.0. The second-order valence-electron chi connectivity index (χ2n) is 6.50. The highest BCUT2D eigenvalue weighted by Gasteiger charge is 2.25. The van der Waals surface area contributed by atoms with Crippen LogP contribution in [-0.2, 0) is 24.5 Å². The van der Waals surface area contributed by atoms with E-state index >= 15 is 0 Å². The van der Waals surface area contributed by atoms with Gasteiger partial charge >= 0.3 is 5.97 Å². The van der Waals surface area contributed by atoms with Crippen LogP contribution >= 0.6 is 11.3 Å². The molecule has 2 aliphatic heterocycles. The molecule has 3 heterocycles. The Hall–Kier alpha value is -1.76. The number of thiazole rings is 1. The summed E-state index contributed by atoms with van der Waals surface area (Å²) in [5.74, 6) is -0.602. The third kappa shape index (κ3) is 3.09. The van der Waals surface area contributed by atoms with E-state index in [1.165, 1.54) is 28.0 Å². The average molecular weight is 344 g/mol. The number of aromatic carboxylic acids is 1. The van der Waals surface area contributed by atoms with E-state index in [9.17, 15) is 4.79 Å². The molecule has 126 valence electrons. The van der Waals surface area contributed by atoms with Crippen LogP contribution in [-0.4, -0.2) is 34.0 Å². The highest BCUT2D eigenvalue weighted by atomic mass is 32.1. The number of hydrogen-bond donors (Lipinski definition) is 1. The van der Waals surface area contributed by atoms with Crippen LogP contribution in [0.5, 0.6) is 0 Å². The number of likely N-dealkylation sites (tertiary alicyclic amines) is 1. The summed E-state index contributed by atoms with van der Waals surface area (Å²) in [5.41, 5.74) is 4.19. The molecular formula is C18H20N2O3S. The Kier molecular flexibility index (Phi) is 4.35. The molecule has 1 fully saturated rings. The fourth-order valence-corrected chi connectivity index (χ4v) is 4.56. The average Bonchev–Trinajstić information content (AvgIpc) is 3.25. The van der Waals surface area contributed by atoms with Gasteiger partial charge in [-0.25, -0.2) is 9.78 Å². The summed E-state index contributed by atoms with van der Waals surface area (Å²) in [7, 11) is 0. The fraction of sp³-hybridized carbons (Fsp3) is 0.444. The van der Waals surface area contributed by atoms with Crippen LogP contribution in [0.2, 0.25) is 0 Å². The minimum absolute atomic E-state index is 0.171. The number of nitrogens with zero attached hydrogens (tertiary/aromatic N) is 2. The Morgan fingerprint density at radius 3 is 3.17 bits per heavy atom. The lowest BCUT2D eigenvalue weighted by Crippen LogP contribution is -2.34. The molecule has 1 atom stereocenters. The van der Waals surface area contributed by atoms with E-state index in [0.29, 0.717) is 5.92 Å². The number of carbonyl (C=O) groups is 1. The second-order valence-corrected chi connectivity index (χ2v) is 7.39. The number of hydrogen-bond acceptors (Lipinski definition) is 5.